The van der Waals surface area contributed by atoms with Crippen LogP contribution in [0.3, 0.4) is 0 Å². The van der Waals surface area contributed by atoms with E-state index in [-0.39, 0.29) is 5.56 Å². The van der Waals surface area contributed by atoms with Gasteiger partial charge in [0.1, 0.15) is 0 Å². The summed E-state index contributed by atoms with van der Waals surface area (Å²) in [6, 6.07) is 3.66. The maximum absolute atomic E-state index is 11.7. The minimum atomic E-state index is -0.131. The Balaban J connectivity index is 2.30. The van der Waals surface area contributed by atoms with Crippen LogP contribution in [0.2, 0.25) is 0 Å². The highest BCUT2D eigenvalue weighted by Crippen LogP contribution is 2.14. The summed E-state index contributed by atoms with van der Waals surface area (Å²) >= 11 is 0. The molecule has 6 heteroatoms. The van der Waals surface area contributed by atoms with Crippen molar-refractivity contribution < 1.29 is 0 Å². The van der Waals surface area contributed by atoms with Gasteiger partial charge in [0.05, 0.1) is 5.69 Å². The van der Waals surface area contributed by atoms with Gasteiger partial charge in [-0.15, -0.1) is 5.10 Å². The van der Waals surface area contributed by atoms with E-state index in [2.05, 4.69) is 20.1 Å². The van der Waals surface area contributed by atoms with Gasteiger partial charge in [0.2, 0.25) is 5.78 Å². The van der Waals surface area contributed by atoms with Gasteiger partial charge in [-0.1, -0.05) is 0 Å². The molecule has 0 aliphatic carbocycles. The average molecular weight is 241 g/mol. The molecule has 3 heterocycles. The molecule has 0 fully saturated rings. The van der Waals surface area contributed by atoms with E-state index >= 15 is 0 Å². The van der Waals surface area contributed by atoms with E-state index in [0.717, 1.165) is 11.3 Å². The summed E-state index contributed by atoms with van der Waals surface area (Å²) in [6.07, 6.45) is 3.36. The third kappa shape index (κ3) is 1.50. The number of aromatic nitrogens is 5. The number of nitrogens with zero attached hydrogens (tertiary/aromatic N) is 4. The van der Waals surface area contributed by atoms with Crippen molar-refractivity contribution in [2.24, 2.45) is 0 Å². The molecule has 0 saturated carbocycles. The quantitative estimate of drug-likeness (QED) is 0.692. The lowest BCUT2D eigenvalue weighted by Crippen LogP contribution is -2.15. The number of hydrogen-bond acceptors (Lipinski definition) is 4. The van der Waals surface area contributed by atoms with Crippen molar-refractivity contribution in [3.8, 4) is 11.4 Å². The molecular weight excluding hydrogens is 230 g/mol. The molecule has 0 amide bonds. The fraction of sp³-hybridized carbons (Fsp3) is 0.167. The first-order valence-electron chi connectivity index (χ1n) is 5.53. The standard InChI is InChI=1S/C12H11N5O/c1-7-8(2)17-12(15-11(7)18)14-10(16-17)9-3-5-13-6-4-9/h3-6H,1-2H3,(H,14,15,16,18). The second-order valence-corrected chi connectivity index (χ2v) is 4.07. The second kappa shape index (κ2) is 3.76. The summed E-state index contributed by atoms with van der Waals surface area (Å²) < 4.78 is 1.65. The molecule has 90 valence electrons. The smallest absolute Gasteiger partial charge is 0.255 e. The van der Waals surface area contributed by atoms with Crippen molar-refractivity contribution in [2.45, 2.75) is 13.8 Å². The molecule has 1 N–H and O–H groups in total. The Kier molecular flexibility index (Phi) is 2.22. The summed E-state index contributed by atoms with van der Waals surface area (Å²) in [5.74, 6) is 1.02. The molecule has 0 radical (unpaired) electrons. The number of rotatable bonds is 1. The van der Waals surface area contributed by atoms with E-state index < -0.39 is 0 Å². The largest absolute Gasteiger partial charge is 0.291 e. The van der Waals surface area contributed by atoms with E-state index in [1.54, 1.807) is 23.8 Å². The fourth-order valence-corrected chi connectivity index (χ4v) is 1.77. The lowest BCUT2D eigenvalue weighted by molar-refractivity contribution is 0.872. The number of fused-ring (bicyclic) bond motifs is 1. The first kappa shape index (κ1) is 10.6. The van der Waals surface area contributed by atoms with Gasteiger partial charge in [0.15, 0.2) is 5.82 Å². The number of pyridine rings is 1. The first-order valence-corrected chi connectivity index (χ1v) is 5.53. The highest BCUT2D eigenvalue weighted by atomic mass is 16.1. The molecule has 6 nitrogen and oxygen atoms in total. The Morgan fingerprint density at radius 3 is 2.67 bits per heavy atom. The van der Waals surface area contributed by atoms with Crippen LogP contribution in [0.15, 0.2) is 29.3 Å². The predicted octanol–water partition coefficient (Wildman–Crippen LogP) is 1.10. The molecule has 0 bridgehead atoms. The fourth-order valence-electron chi connectivity index (χ4n) is 1.77. The van der Waals surface area contributed by atoms with E-state index in [9.17, 15) is 4.79 Å². The van der Waals surface area contributed by atoms with Crippen LogP contribution < -0.4 is 5.56 Å². The topological polar surface area (TPSA) is 75.9 Å². The SMILES string of the molecule is Cc1c(C)n2nc(-c3ccncc3)nc2[nH]c1=O. The average Bonchev–Trinajstić information content (AvgIpc) is 2.81. The molecule has 3 aromatic rings. The van der Waals surface area contributed by atoms with Gasteiger partial charge in [-0.3, -0.25) is 14.8 Å². The minimum absolute atomic E-state index is 0.131. The predicted molar refractivity (Wildman–Crippen MR) is 66.3 cm³/mol. The number of aryl methyl sites for hydroxylation is 1. The monoisotopic (exact) mass is 241 g/mol. The first-order chi connectivity index (χ1) is 8.66. The summed E-state index contributed by atoms with van der Waals surface area (Å²) in [5, 5.41) is 4.39. The molecule has 0 aliphatic heterocycles. The molecule has 0 aliphatic rings. The summed E-state index contributed by atoms with van der Waals surface area (Å²) in [4.78, 5) is 22.6. The van der Waals surface area contributed by atoms with Crippen LogP contribution in [0.4, 0.5) is 0 Å². The van der Waals surface area contributed by atoms with Gasteiger partial charge in [-0.05, 0) is 26.0 Å². The maximum atomic E-state index is 11.7. The van der Waals surface area contributed by atoms with Crippen LogP contribution >= 0.6 is 0 Å². The van der Waals surface area contributed by atoms with Crippen molar-refractivity contribution in [1.29, 1.82) is 0 Å². The number of aromatic amines is 1. The Labute approximate surface area is 102 Å². The van der Waals surface area contributed by atoms with Crippen LogP contribution in [0.25, 0.3) is 17.2 Å². The summed E-state index contributed by atoms with van der Waals surface area (Å²) in [6.45, 7) is 3.62. The molecule has 0 saturated heterocycles. The molecule has 3 rings (SSSR count). The Hall–Kier alpha value is -2.50. The van der Waals surface area contributed by atoms with Crippen molar-refractivity contribution in [3.63, 3.8) is 0 Å². The molecule has 0 atom stereocenters. The zero-order chi connectivity index (χ0) is 12.7. The van der Waals surface area contributed by atoms with Crippen molar-refractivity contribution in [1.82, 2.24) is 24.6 Å². The van der Waals surface area contributed by atoms with Crippen LogP contribution in [0.5, 0.6) is 0 Å². The Morgan fingerprint density at radius 2 is 1.94 bits per heavy atom. The van der Waals surface area contributed by atoms with Gasteiger partial charge in [0.25, 0.3) is 5.56 Å². The van der Waals surface area contributed by atoms with E-state index in [0.29, 0.717) is 17.2 Å². The van der Waals surface area contributed by atoms with Gasteiger partial charge in [-0.2, -0.15) is 4.98 Å². The lowest BCUT2D eigenvalue weighted by atomic mass is 10.3. The van der Waals surface area contributed by atoms with Crippen molar-refractivity contribution >= 4 is 5.78 Å². The Morgan fingerprint density at radius 1 is 1.22 bits per heavy atom. The molecule has 0 unspecified atom stereocenters. The van der Waals surface area contributed by atoms with Gasteiger partial charge in [-0.25, -0.2) is 4.52 Å². The molecular formula is C12H11N5O. The number of hydrogen-bond donors (Lipinski definition) is 1. The highest BCUT2D eigenvalue weighted by molar-refractivity contribution is 5.56. The summed E-state index contributed by atoms with van der Waals surface area (Å²) in [5.41, 5.74) is 2.18. The lowest BCUT2D eigenvalue weighted by Gasteiger charge is -1.99. The Bertz CT molecular complexity index is 772. The zero-order valence-electron chi connectivity index (χ0n) is 10.0. The molecule has 0 aromatic carbocycles. The van der Waals surface area contributed by atoms with Crippen LogP contribution in [-0.4, -0.2) is 24.6 Å². The van der Waals surface area contributed by atoms with E-state index in [1.807, 2.05) is 19.1 Å². The van der Waals surface area contributed by atoms with Gasteiger partial charge < -0.3 is 0 Å². The van der Waals surface area contributed by atoms with Crippen molar-refractivity contribution in [2.75, 3.05) is 0 Å². The van der Waals surface area contributed by atoms with Crippen LogP contribution in [0, 0.1) is 13.8 Å². The van der Waals surface area contributed by atoms with Crippen LogP contribution in [-0.2, 0) is 0 Å². The zero-order valence-corrected chi connectivity index (χ0v) is 10.0. The normalized spacial score (nSPS) is 11.0. The molecule has 3 aromatic heterocycles. The summed E-state index contributed by atoms with van der Waals surface area (Å²) in [7, 11) is 0. The number of nitrogens with one attached hydrogen (secondary N) is 1. The van der Waals surface area contributed by atoms with Crippen LogP contribution in [0.1, 0.15) is 11.3 Å². The maximum Gasteiger partial charge on any atom is 0.255 e. The van der Waals surface area contributed by atoms with Gasteiger partial charge >= 0.3 is 0 Å². The van der Waals surface area contributed by atoms with E-state index in [1.165, 1.54) is 0 Å². The third-order valence-electron chi connectivity index (χ3n) is 2.97. The van der Waals surface area contributed by atoms with E-state index in [4.69, 9.17) is 0 Å². The molecule has 18 heavy (non-hydrogen) atoms. The van der Waals surface area contributed by atoms with Crippen molar-refractivity contribution in [3.05, 3.63) is 46.1 Å². The van der Waals surface area contributed by atoms with Gasteiger partial charge in [0, 0.05) is 23.5 Å². The molecule has 0 spiro atoms. The minimum Gasteiger partial charge on any atom is -0.291 e. The number of H-pyrrole nitrogens is 1. The highest BCUT2D eigenvalue weighted by Gasteiger charge is 2.11. The third-order valence-corrected chi connectivity index (χ3v) is 2.97. The second-order valence-electron chi connectivity index (χ2n) is 4.07.